The Morgan fingerprint density at radius 2 is 1.20 bits per heavy atom. The highest BCUT2D eigenvalue weighted by Gasteiger charge is 2.25. The number of piperazine rings is 1. The van der Waals surface area contributed by atoms with Crippen LogP contribution in [0.15, 0.2) is 33.7 Å². The van der Waals surface area contributed by atoms with E-state index < -0.39 is 0 Å². The number of rotatable bonds is 2. The number of hydrogen-bond donors (Lipinski definition) is 0. The van der Waals surface area contributed by atoms with Gasteiger partial charge < -0.3 is 9.80 Å². The van der Waals surface area contributed by atoms with Gasteiger partial charge in [0.15, 0.2) is 0 Å². The number of carbonyl (C=O) groups is 2. The lowest BCUT2D eigenvalue weighted by molar-refractivity contribution is 0.0536. The first-order chi connectivity index (χ1) is 9.75. The second-order valence-electron chi connectivity index (χ2n) is 4.61. The van der Waals surface area contributed by atoms with E-state index in [0.717, 1.165) is 11.1 Å². The topological polar surface area (TPSA) is 40.6 Å². The van der Waals surface area contributed by atoms with E-state index in [1.165, 1.54) is 22.7 Å². The summed E-state index contributed by atoms with van der Waals surface area (Å²) < 4.78 is 0. The van der Waals surface area contributed by atoms with E-state index in [2.05, 4.69) is 0 Å². The molecule has 0 bridgehead atoms. The summed E-state index contributed by atoms with van der Waals surface area (Å²) in [5, 5.41) is 7.55. The lowest BCUT2D eigenvalue weighted by atomic mass is 10.2. The number of carbonyl (C=O) groups excluding carboxylic acids is 2. The van der Waals surface area contributed by atoms with E-state index >= 15 is 0 Å². The van der Waals surface area contributed by atoms with Gasteiger partial charge in [-0.15, -0.1) is 0 Å². The van der Waals surface area contributed by atoms with Crippen LogP contribution in [0.5, 0.6) is 0 Å². The molecule has 2 amide bonds. The van der Waals surface area contributed by atoms with Crippen molar-refractivity contribution in [1.82, 2.24) is 9.80 Å². The zero-order chi connectivity index (χ0) is 13.9. The molecule has 1 saturated heterocycles. The van der Waals surface area contributed by atoms with Crippen molar-refractivity contribution in [2.75, 3.05) is 26.2 Å². The van der Waals surface area contributed by atoms with Crippen molar-refractivity contribution in [3.63, 3.8) is 0 Å². The van der Waals surface area contributed by atoms with Crippen molar-refractivity contribution in [1.29, 1.82) is 0 Å². The Kier molecular flexibility index (Phi) is 3.84. The second-order valence-corrected chi connectivity index (χ2v) is 6.17. The van der Waals surface area contributed by atoms with E-state index in [0.29, 0.717) is 26.2 Å². The molecule has 2 aromatic heterocycles. The van der Waals surface area contributed by atoms with Gasteiger partial charge in [-0.2, -0.15) is 22.7 Å². The van der Waals surface area contributed by atoms with E-state index in [1.807, 2.05) is 43.5 Å². The minimum Gasteiger partial charge on any atom is -0.335 e. The smallest absolute Gasteiger partial charge is 0.254 e. The fourth-order valence-electron chi connectivity index (χ4n) is 2.25. The van der Waals surface area contributed by atoms with E-state index in [4.69, 9.17) is 0 Å². The summed E-state index contributed by atoms with van der Waals surface area (Å²) >= 11 is 3.05. The Labute approximate surface area is 125 Å². The van der Waals surface area contributed by atoms with Crippen LogP contribution in [0.25, 0.3) is 0 Å². The van der Waals surface area contributed by atoms with Gasteiger partial charge in [0.2, 0.25) is 0 Å². The van der Waals surface area contributed by atoms with Crippen molar-refractivity contribution in [3.8, 4) is 0 Å². The standard InChI is InChI=1S/C14H14N2O2S2/c17-13(11-1-7-19-9-11)15-3-5-16(6-4-15)14(18)12-2-8-20-10-12/h1-2,7-10H,3-6H2. The maximum Gasteiger partial charge on any atom is 0.254 e. The highest BCUT2D eigenvalue weighted by atomic mass is 32.1. The van der Waals surface area contributed by atoms with Crippen LogP contribution in [0.3, 0.4) is 0 Å². The maximum absolute atomic E-state index is 12.2. The molecule has 4 nitrogen and oxygen atoms in total. The Morgan fingerprint density at radius 1 is 0.800 bits per heavy atom. The molecule has 0 radical (unpaired) electrons. The molecule has 0 unspecified atom stereocenters. The summed E-state index contributed by atoms with van der Waals surface area (Å²) in [6, 6.07) is 3.69. The molecule has 1 aliphatic heterocycles. The van der Waals surface area contributed by atoms with Gasteiger partial charge in [0.25, 0.3) is 11.8 Å². The van der Waals surface area contributed by atoms with Gasteiger partial charge in [-0.05, 0) is 22.9 Å². The van der Waals surface area contributed by atoms with Gasteiger partial charge in [-0.25, -0.2) is 0 Å². The molecule has 0 saturated carbocycles. The number of amides is 2. The Hall–Kier alpha value is -1.66. The monoisotopic (exact) mass is 306 g/mol. The third-order valence-corrected chi connectivity index (χ3v) is 4.76. The number of thiophene rings is 2. The lowest BCUT2D eigenvalue weighted by Gasteiger charge is -2.34. The molecule has 0 aromatic carbocycles. The summed E-state index contributed by atoms with van der Waals surface area (Å²) in [6.07, 6.45) is 0. The molecule has 1 aliphatic rings. The Morgan fingerprint density at radius 3 is 1.50 bits per heavy atom. The van der Waals surface area contributed by atoms with E-state index in [1.54, 1.807) is 0 Å². The summed E-state index contributed by atoms with van der Waals surface area (Å²) in [7, 11) is 0. The normalized spacial score (nSPS) is 15.4. The molecule has 1 fully saturated rings. The van der Waals surface area contributed by atoms with Crippen LogP contribution in [0.2, 0.25) is 0 Å². The highest BCUT2D eigenvalue weighted by molar-refractivity contribution is 7.08. The zero-order valence-corrected chi connectivity index (χ0v) is 12.5. The van der Waals surface area contributed by atoms with Crippen LogP contribution in [-0.2, 0) is 0 Å². The number of hydrogen-bond acceptors (Lipinski definition) is 4. The minimum atomic E-state index is 0.0638. The SMILES string of the molecule is O=C(c1ccsc1)N1CCN(C(=O)c2ccsc2)CC1. The summed E-state index contributed by atoms with van der Waals surface area (Å²) in [4.78, 5) is 28.0. The first-order valence-electron chi connectivity index (χ1n) is 6.38. The van der Waals surface area contributed by atoms with Crippen molar-refractivity contribution < 1.29 is 9.59 Å². The lowest BCUT2D eigenvalue weighted by Crippen LogP contribution is -2.50. The third-order valence-electron chi connectivity index (χ3n) is 3.39. The van der Waals surface area contributed by atoms with Crippen molar-refractivity contribution in [2.45, 2.75) is 0 Å². The molecule has 3 rings (SSSR count). The average molecular weight is 306 g/mol. The number of nitrogens with zero attached hydrogens (tertiary/aromatic N) is 2. The van der Waals surface area contributed by atoms with Gasteiger partial charge in [-0.1, -0.05) is 0 Å². The van der Waals surface area contributed by atoms with Crippen LogP contribution in [0, 0.1) is 0 Å². The molecule has 0 atom stereocenters. The summed E-state index contributed by atoms with van der Waals surface area (Å²) in [6.45, 7) is 2.41. The fourth-order valence-corrected chi connectivity index (χ4v) is 3.51. The van der Waals surface area contributed by atoms with Crippen LogP contribution in [0.1, 0.15) is 20.7 Å². The third kappa shape index (κ3) is 2.62. The zero-order valence-electron chi connectivity index (χ0n) is 10.8. The largest absolute Gasteiger partial charge is 0.335 e. The molecule has 3 heterocycles. The fraction of sp³-hybridized carbons (Fsp3) is 0.286. The Bertz CT molecular complexity index is 530. The quantitative estimate of drug-likeness (QED) is 0.855. The molecule has 2 aromatic rings. The Balaban J connectivity index is 1.60. The second kappa shape index (κ2) is 5.76. The van der Waals surface area contributed by atoms with Gasteiger partial charge in [0.05, 0.1) is 11.1 Å². The van der Waals surface area contributed by atoms with Gasteiger partial charge in [0, 0.05) is 36.9 Å². The van der Waals surface area contributed by atoms with Gasteiger partial charge in [-0.3, -0.25) is 9.59 Å². The molecule has 0 N–H and O–H groups in total. The van der Waals surface area contributed by atoms with Crippen LogP contribution in [0.4, 0.5) is 0 Å². The van der Waals surface area contributed by atoms with Gasteiger partial charge >= 0.3 is 0 Å². The maximum atomic E-state index is 12.2. The highest BCUT2D eigenvalue weighted by Crippen LogP contribution is 2.14. The van der Waals surface area contributed by atoms with Crippen molar-refractivity contribution in [3.05, 3.63) is 44.8 Å². The molecular weight excluding hydrogens is 292 g/mol. The average Bonchev–Trinajstić information content (AvgIpc) is 3.18. The van der Waals surface area contributed by atoms with Gasteiger partial charge in [0.1, 0.15) is 0 Å². The minimum absolute atomic E-state index is 0.0638. The molecule has 0 spiro atoms. The summed E-state index contributed by atoms with van der Waals surface area (Å²) in [5.41, 5.74) is 1.49. The van der Waals surface area contributed by atoms with Crippen LogP contribution >= 0.6 is 22.7 Å². The van der Waals surface area contributed by atoms with E-state index in [-0.39, 0.29) is 11.8 Å². The predicted molar refractivity (Wildman–Crippen MR) is 80.4 cm³/mol. The first-order valence-corrected chi connectivity index (χ1v) is 8.27. The van der Waals surface area contributed by atoms with Crippen molar-refractivity contribution >= 4 is 34.5 Å². The summed E-state index contributed by atoms with van der Waals surface area (Å²) in [5.74, 6) is 0.128. The van der Waals surface area contributed by atoms with Crippen molar-refractivity contribution in [2.24, 2.45) is 0 Å². The molecular formula is C14H14N2O2S2. The van der Waals surface area contributed by atoms with Crippen LogP contribution in [-0.4, -0.2) is 47.8 Å². The first kappa shape index (κ1) is 13.3. The molecule has 6 heteroatoms. The van der Waals surface area contributed by atoms with E-state index in [9.17, 15) is 9.59 Å². The molecule has 104 valence electrons. The van der Waals surface area contributed by atoms with Crippen LogP contribution < -0.4 is 0 Å². The molecule has 20 heavy (non-hydrogen) atoms. The predicted octanol–water partition coefficient (Wildman–Crippen LogP) is 2.41. The molecule has 0 aliphatic carbocycles.